The van der Waals surface area contributed by atoms with Crippen LogP contribution in [0.3, 0.4) is 0 Å². The molecule has 1 aliphatic rings. The Labute approximate surface area is 127 Å². The minimum Gasteiger partial charge on any atom is -0.451 e. The molecule has 3 amide bonds. The van der Waals surface area contributed by atoms with Gasteiger partial charge in [0.25, 0.3) is 17.7 Å². The summed E-state index contributed by atoms with van der Waals surface area (Å²) in [6, 6.07) is 6.34. The number of carbonyl (C=O) groups is 4. The lowest BCUT2D eigenvalue weighted by molar-refractivity contribution is -0.154. The highest BCUT2D eigenvalue weighted by molar-refractivity contribution is 6.22. The first-order chi connectivity index (χ1) is 10.5. The minimum atomic E-state index is -0.984. The number of rotatable bonds is 5. The molecule has 0 saturated carbocycles. The maximum atomic E-state index is 12.1. The van der Waals surface area contributed by atoms with E-state index in [1.165, 1.54) is 19.1 Å². The van der Waals surface area contributed by atoms with Crippen LogP contribution in [-0.4, -0.2) is 47.8 Å². The Morgan fingerprint density at radius 1 is 1.18 bits per heavy atom. The molecular weight excluding hydrogens is 288 g/mol. The topological polar surface area (TPSA) is 92.8 Å². The third-order valence-corrected chi connectivity index (χ3v) is 3.19. The van der Waals surface area contributed by atoms with Crippen LogP contribution in [0.2, 0.25) is 0 Å². The monoisotopic (exact) mass is 304 g/mol. The van der Waals surface area contributed by atoms with Gasteiger partial charge in [0, 0.05) is 6.54 Å². The van der Waals surface area contributed by atoms with Crippen LogP contribution in [0, 0.1) is 0 Å². The molecule has 1 N–H and O–H groups in total. The Kier molecular flexibility index (Phi) is 4.55. The van der Waals surface area contributed by atoms with Gasteiger partial charge in [-0.25, -0.2) is 0 Å². The van der Waals surface area contributed by atoms with E-state index in [2.05, 4.69) is 5.32 Å². The van der Waals surface area contributed by atoms with Crippen LogP contribution in [0.4, 0.5) is 0 Å². The number of hydrogen-bond donors (Lipinski definition) is 1. The van der Waals surface area contributed by atoms with E-state index in [1.807, 2.05) is 0 Å². The number of nitrogens with one attached hydrogen (secondary N) is 1. The fraction of sp³-hybridized carbons (Fsp3) is 0.333. The van der Waals surface area contributed by atoms with E-state index in [-0.39, 0.29) is 11.1 Å². The second kappa shape index (κ2) is 6.38. The molecule has 2 rings (SSSR count). The van der Waals surface area contributed by atoms with Crippen molar-refractivity contribution in [1.82, 2.24) is 10.2 Å². The number of imide groups is 1. The van der Waals surface area contributed by atoms with E-state index in [0.717, 1.165) is 4.90 Å². The molecule has 1 aromatic carbocycles. The number of nitrogens with zero attached hydrogens (tertiary/aromatic N) is 1. The molecule has 1 heterocycles. The number of likely N-dealkylation sites (N-methyl/N-ethyl adjacent to an activating group) is 1. The van der Waals surface area contributed by atoms with Crippen molar-refractivity contribution in [2.75, 3.05) is 13.1 Å². The van der Waals surface area contributed by atoms with Crippen LogP contribution < -0.4 is 5.32 Å². The zero-order valence-electron chi connectivity index (χ0n) is 12.3. The van der Waals surface area contributed by atoms with Crippen molar-refractivity contribution in [3.63, 3.8) is 0 Å². The van der Waals surface area contributed by atoms with Crippen molar-refractivity contribution in [2.45, 2.75) is 20.0 Å². The van der Waals surface area contributed by atoms with Gasteiger partial charge in [0.05, 0.1) is 11.1 Å². The highest BCUT2D eigenvalue weighted by atomic mass is 16.5. The first-order valence-electron chi connectivity index (χ1n) is 6.88. The second-order valence-corrected chi connectivity index (χ2v) is 4.77. The minimum absolute atomic E-state index is 0.261. The lowest BCUT2D eigenvalue weighted by Crippen LogP contribution is -2.40. The van der Waals surface area contributed by atoms with Crippen molar-refractivity contribution in [3.05, 3.63) is 35.4 Å². The van der Waals surface area contributed by atoms with Gasteiger partial charge in [-0.15, -0.1) is 0 Å². The predicted molar refractivity (Wildman–Crippen MR) is 76.0 cm³/mol. The molecule has 7 heteroatoms. The maximum absolute atomic E-state index is 12.1. The van der Waals surface area contributed by atoms with Crippen LogP contribution in [-0.2, 0) is 14.3 Å². The zero-order valence-corrected chi connectivity index (χ0v) is 12.3. The Balaban J connectivity index is 2.00. The summed E-state index contributed by atoms with van der Waals surface area (Å²) in [6.45, 7) is 3.06. The highest BCUT2D eigenvalue weighted by Crippen LogP contribution is 2.22. The number of hydrogen-bond acceptors (Lipinski definition) is 5. The van der Waals surface area contributed by atoms with E-state index in [9.17, 15) is 19.2 Å². The normalized spacial score (nSPS) is 14.5. The maximum Gasteiger partial charge on any atom is 0.326 e. The molecule has 22 heavy (non-hydrogen) atoms. The molecule has 116 valence electrons. The lowest BCUT2D eigenvalue weighted by atomic mass is 10.1. The Morgan fingerprint density at radius 3 is 2.23 bits per heavy atom. The third kappa shape index (κ3) is 2.98. The Morgan fingerprint density at radius 2 is 1.73 bits per heavy atom. The summed E-state index contributed by atoms with van der Waals surface area (Å²) in [5.74, 6) is -2.32. The first-order valence-corrected chi connectivity index (χ1v) is 6.88. The van der Waals surface area contributed by atoms with Crippen molar-refractivity contribution in [1.29, 1.82) is 0 Å². The highest BCUT2D eigenvalue weighted by Gasteiger charge is 2.37. The van der Waals surface area contributed by atoms with E-state index in [0.29, 0.717) is 6.54 Å². The van der Waals surface area contributed by atoms with Gasteiger partial charge >= 0.3 is 5.97 Å². The number of amides is 3. The fourth-order valence-corrected chi connectivity index (χ4v) is 2.12. The van der Waals surface area contributed by atoms with Gasteiger partial charge in [0.2, 0.25) is 0 Å². The molecule has 0 aromatic heterocycles. The smallest absolute Gasteiger partial charge is 0.326 e. The van der Waals surface area contributed by atoms with E-state index >= 15 is 0 Å². The molecule has 7 nitrogen and oxygen atoms in total. The van der Waals surface area contributed by atoms with Crippen molar-refractivity contribution in [2.24, 2.45) is 0 Å². The Hall–Kier alpha value is -2.70. The molecule has 1 atom stereocenters. The fourth-order valence-electron chi connectivity index (χ4n) is 2.12. The van der Waals surface area contributed by atoms with Gasteiger partial charge in [0.15, 0.2) is 6.10 Å². The summed E-state index contributed by atoms with van der Waals surface area (Å²) in [6.07, 6.45) is -0.984. The standard InChI is InChI=1S/C15H16N2O5/c1-3-16-13(19)9(2)22-12(18)8-17-14(20)10-6-4-5-7-11(10)15(17)21/h4-7,9H,3,8H2,1-2H3,(H,16,19)/t9-/m1/s1. The van der Waals surface area contributed by atoms with Gasteiger partial charge in [-0.05, 0) is 26.0 Å². The van der Waals surface area contributed by atoms with Crippen LogP contribution in [0.15, 0.2) is 24.3 Å². The summed E-state index contributed by atoms with van der Waals surface area (Å²) in [7, 11) is 0. The molecule has 0 saturated heterocycles. The second-order valence-electron chi connectivity index (χ2n) is 4.77. The molecule has 0 aliphatic carbocycles. The molecule has 0 radical (unpaired) electrons. The van der Waals surface area contributed by atoms with Gasteiger partial charge in [-0.1, -0.05) is 12.1 Å². The van der Waals surface area contributed by atoms with E-state index in [4.69, 9.17) is 4.74 Å². The van der Waals surface area contributed by atoms with Crippen LogP contribution in [0.25, 0.3) is 0 Å². The number of carbonyl (C=O) groups excluding carboxylic acids is 4. The van der Waals surface area contributed by atoms with Crippen molar-refractivity contribution < 1.29 is 23.9 Å². The SMILES string of the molecule is CCNC(=O)[C@@H](C)OC(=O)CN1C(=O)c2ccccc2C1=O. The molecule has 0 fully saturated rings. The summed E-state index contributed by atoms with van der Waals surface area (Å²) >= 11 is 0. The number of benzene rings is 1. The van der Waals surface area contributed by atoms with Gasteiger partial charge in [-0.3, -0.25) is 24.1 Å². The van der Waals surface area contributed by atoms with Crippen LogP contribution in [0.1, 0.15) is 34.6 Å². The quantitative estimate of drug-likeness (QED) is 0.626. The third-order valence-electron chi connectivity index (χ3n) is 3.19. The first kappa shape index (κ1) is 15.7. The largest absolute Gasteiger partial charge is 0.451 e. The van der Waals surface area contributed by atoms with Crippen LogP contribution >= 0.6 is 0 Å². The van der Waals surface area contributed by atoms with E-state index < -0.39 is 36.3 Å². The number of ether oxygens (including phenoxy) is 1. The Bertz CT molecular complexity index is 606. The van der Waals surface area contributed by atoms with Gasteiger partial charge in [0.1, 0.15) is 6.54 Å². The summed E-state index contributed by atoms with van der Waals surface area (Å²) in [5.41, 5.74) is 0.522. The predicted octanol–water partition coefficient (Wildman–Crippen LogP) is 0.350. The lowest BCUT2D eigenvalue weighted by Gasteiger charge is -2.16. The summed E-state index contributed by atoms with van der Waals surface area (Å²) in [4.78, 5) is 48.3. The molecule has 1 aromatic rings. The summed E-state index contributed by atoms with van der Waals surface area (Å²) in [5, 5.41) is 2.51. The molecular formula is C15H16N2O5. The summed E-state index contributed by atoms with van der Waals surface area (Å²) < 4.78 is 4.93. The van der Waals surface area contributed by atoms with Crippen LogP contribution in [0.5, 0.6) is 0 Å². The average Bonchev–Trinajstić information content (AvgIpc) is 2.73. The van der Waals surface area contributed by atoms with Crippen molar-refractivity contribution >= 4 is 23.7 Å². The van der Waals surface area contributed by atoms with Gasteiger partial charge in [-0.2, -0.15) is 0 Å². The van der Waals surface area contributed by atoms with E-state index in [1.54, 1.807) is 19.1 Å². The zero-order chi connectivity index (χ0) is 16.3. The number of fused-ring (bicyclic) bond motifs is 1. The molecule has 0 bridgehead atoms. The van der Waals surface area contributed by atoms with Crippen molar-refractivity contribution in [3.8, 4) is 0 Å². The number of esters is 1. The molecule has 1 aliphatic heterocycles. The average molecular weight is 304 g/mol. The van der Waals surface area contributed by atoms with Gasteiger partial charge < -0.3 is 10.1 Å². The molecule has 0 unspecified atom stereocenters. The molecule has 0 spiro atoms.